The molecular formula is C16H25NO2S. The van der Waals surface area contributed by atoms with Crippen molar-refractivity contribution in [1.82, 2.24) is 5.32 Å². The van der Waals surface area contributed by atoms with Gasteiger partial charge in [0.2, 0.25) is 0 Å². The lowest BCUT2D eigenvalue weighted by atomic mass is 9.87. The van der Waals surface area contributed by atoms with Gasteiger partial charge in [0.1, 0.15) is 0 Å². The van der Waals surface area contributed by atoms with Crippen molar-refractivity contribution >= 4 is 9.84 Å². The number of nitrogens with one attached hydrogen (secondary N) is 1. The summed E-state index contributed by atoms with van der Waals surface area (Å²) in [4.78, 5) is 0. The zero-order chi connectivity index (χ0) is 14.6. The summed E-state index contributed by atoms with van der Waals surface area (Å²) in [5.74, 6) is 0.296. The Bertz CT molecular complexity index is 539. The second-order valence-corrected chi connectivity index (χ2v) is 7.91. The van der Waals surface area contributed by atoms with Gasteiger partial charge >= 0.3 is 0 Å². The van der Waals surface area contributed by atoms with Crippen molar-refractivity contribution in [1.29, 1.82) is 0 Å². The van der Waals surface area contributed by atoms with Crippen LogP contribution in [-0.2, 0) is 16.3 Å². The molecule has 1 aromatic rings. The average molecular weight is 295 g/mol. The number of benzene rings is 1. The topological polar surface area (TPSA) is 46.2 Å². The van der Waals surface area contributed by atoms with Gasteiger partial charge in [0, 0.05) is 6.04 Å². The van der Waals surface area contributed by atoms with E-state index in [1.165, 1.54) is 11.1 Å². The number of fused-ring (bicyclic) bond motifs is 1. The molecule has 0 fully saturated rings. The summed E-state index contributed by atoms with van der Waals surface area (Å²) in [6.07, 6.45) is 3.31. The summed E-state index contributed by atoms with van der Waals surface area (Å²) >= 11 is 0. The van der Waals surface area contributed by atoms with Crippen LogP contribution in [0.5, 0.6) is 0 Å². The fourth-order valence-electron chi connectivity index (χ4n) is 3.09. The molecule has 3 nitrogen and oxygen atoms in total. The number of rotatable bonds is 6. The largest absolute Gasteiger partial charge is 0.309 e. The van der Waals surface area contributed by atoms with E-state index in [4.69, 9.17) is 0 Å². The van der Waals surface area contributed by atoms with E-state index in [0.29, 0.717) is 12.2 Å². The van der Waals surface area contributed by atoms with Crippen LogP contribution in [0.1, 0.15) is 50.3 Å². The minimum atomic E-state index is -3.02. The molecule has 0 saturated carbocycles. The first-order valence-electron chi connectivity index (χ1n) is 7.63. The first-order chi connectivity index (χ1) is 9.60. The Labute approximate surface area is 122 Å². The standard InChI is InChI=1S/C16H25NO2S/c1-3-11-17-16-14-8-6-5-7-13(14)9-10-15(16)20(18,19)12-4-2/h5-8,15-17H,3-4,9-12H2,1-2H3. The molecule has 0 aliphatic heterocycles. The third-order valence-electron chi connectivity index (χ3n) is 4.02. The summed E-state index contributed by atoms with van der Waals surface area (Å²) in [5, 5.41) is 3.19. The molecule has 4 heteroatoms. The molecule has 0 saturated heterocycles. The highest BCUT2D eigenvalue weighted by Crippen LogP contribution is 2.34. The van der Waals surface area contributed by atoms with Crippen molar-refractivity contribution in [3.8, 4) is 0 Å². The maximum atomic E-state index is 12.5. The smallest absolute Gasteiger partial charge is 0.155 e. The van der Waals surface area contributed by atoms with E-state index in [2.05, 4.69) is 24.4 Å². The maximum absolute atomic E-state index is 12.5. The molecule has 0 radical (unpaired) electrons. The van der Waals surface area contributed by atoms with Gasteiger partial charge in [0.15, 0.2) is 9.84 Å². The first-order valence-corrected chi connectivity index (χ1v) is 9.34. The Kier molecular flexibility index (Phi) is 5.22. The van der Waals surface area contributed by atoms with Crippen molar-refractivity contribution < 1.29 is 8.42 Å². The highest BCUT2D eigenvalue weighted by atomic mass is 32.2. The molecule has 20 heavy (non-hydrogen) atoms. The Morgan fingerprint density at radius 1 is 1.20 bits per heavy atom. The van der Waals surface area contributed by atoms with Gasteiger partial charge in [0.25, 0.3) is 0 Å². The molecule has 1 aliphatic carbocycles. The van der Waals surface area contributed by atoms with Crippen LogP contribution in [-0.4, -0.2) is 26.0 Å². The van der Waals surface area contributed by atoms with Gasteiger partial charge < -0.3 is 5.32 Å². The summed E-state index contributed by atoms with van der Waals surface area (Å²) < 4.78 is 25.1. The van der Waals surface area contributed by atoms with E-state index < -0.39 is 9.84 Å². The molecule has 1 aromatic carbocycles. The Morgan fingerprint density at radius 3 is 2.65 bits per heavy atom. The predicted molar refractivity (Wildman–Crippen MR) is 83.7 cm³/mol. The summed E-state index contributed by atoms with van der Waals surface area (Å²) in [5.41, 5.74) is 2.47. The number of hydrogen-bond acceptors (Lipinski definition) is 3. The lowest BCUT2D eigenvalue weighted by molar-refractivity contribution is 0.448. The highest BCUT2D eigenvalue weighted by molar-refractivity contribution is 7.92. The van der Waals surface area contributed by atoms with Crippen molar-refractivity contribution in [3.63, 3.8) is 0 Å². The summed E-state index contributed by atoms with van der Waals surface area (Å²) in [6, 6.07) is 8.20. The molecule has 0 spiro atoms. The van der Waals surface area contributed by atoms with E-state index in [1.807, 2.05) is 19.1 Å². The summed E-state index contributed by atoms with van der Waals surface area (Å²) in [6.45, 7) is 4.90. The van der Waals surface area contributed by atoms with Gasteiger partial charge in [0.05, 0.1) is 11.0 Å². The lowest BCUT2D eigenvalue weighted by Gasteiger charge is -2.34. The van der Waals surface area contributed by atoms with Crippen LogP contribution in [0.3, 0.4) is 0 Å². The van der Waals surface area contributed by atoms with Gasteiger partial charge in [-0.05, 0) is 43.4 Å². The van der Waals surface area contributed by atoms with E-state index >= 15 is 0 Å². The minimum Gasteiger partial charge on any atom is -0.309 e. The Balaban J connectivity index is 2.34. The quantitative estimate of drug-likeness (QED) is 0.878. The minimum absolute atomic E-state index is 0.0450. The van der Waals surface area contributed by atoms with Crippen molar-refractivity contribution in [2.75, 3.05) is 12.3 Å². The van der Waals surface area contributed by atoms with Crippen molar-refractivity contribution in [2.45, 2.75) is 50.8 Å². The van der Waals surface area contributed by atoms with Gasteiger partial charge in [-0.2, -0.15) is 0 Å². The molecule has 1 aliphatic rings. The van der Waals surface area contributed by atoms with Crippen molar-refractivity contribution in [3.05, 3.63) is 35.4 Å². The molecule has 2 atom stereocenters. The Morgan fingerprint density at radius 2 is 1.95 bits per heavy atom. The fourth-order valence-corrected chi connectivity index (χ4v) is 5.10. The number of aryl methyl sites for hydroxylation is 1. The third-order valence-corrected chi connectivity index (χ3v) is 6.43. The third kappa shape index (κ3) is 3.23. The van der Waals surface area contributed by atoms with Crippen molar-refractivity contribution in [2.24, 2.45) is 0 Å². The fraction of sp³-hybridized carbons (Fsp3) is 0.625. The average Bonchev–Trinajstić information content (AvgIpc) is 2.44. The van der Waals surface area contributed by atoms with Gasteiger partial charge in [-0.25, -0.2) is 8.42 Å². The predicted octanol–water partition coefficient (Wildman–Crippen LogP) is 2.87. The molecule has 112 valence electrons. The molecule has 0 amide bonds. The van der Waals surface area contributed by atoms with E-state index in [1.54, 1.807) is 0 Å². The lowest BCUT2D eigenvalue weighted by Crippen LogP contribution is -2.42. The second-order valence-electron chi connectivity index (χ2n) is 5.57. The Hall–Kier alpha value is -0.870. The van der Waals surface area contributed by atoms with E-state index in [9.17, 15) is 8.42 Å². The zero-order valence-electron chi connectivity index (χ0n) is 12.4. The highest BCUT2D eigenvalue weighted by Gasteiger charge is 2.37. The van der Waals surface area contributed by atoms with Crippen LogP contribution in [0.25, 0.3) is 0 Å². The molecule has 0 bridgehead atoms. The maximum Gasteiger partial charge on any atom is 0.155 e. The monoisotopic (exact) mass is 295 g/mol. The molecular weight excluding hydrogens is 270 g/mol. The van der Waals surface area contributed by atoms with Crippen LogP contribution in [0.2, 0.25) is 0 Å². The van der Waals surface area contributed by atoms with Gasteiger partial charge in [-0.1, -0.05) is 38.1 Å². The van der Waals surface area contributed by atoms with E-state index in [-0.39, 0.29) is 11.3 Å². The molecule has 0 heterocycles. The molecule has 0 aromatic heterocycles. The second kappa shape index (κ2) is 6.72. The van der Waals surface area contributed by atoms with Crippen LogP contribution in [0.4, 0.5) is 0 Å². The molecule has 2 unspecified atom stereocenters. The SMILES string of the molecule is CCCNC1c2ccccc2CCC1S(=O)(=O)CCC. The van der Waals surface area contributed by atoms with Gasteiger partial charge in [-0.3, -0.25) is 0 Å². The molecule has 2 rings (SSSR count). The number of sulfone groups is 1. The van der Waals surface area contributed by atoms with Crippen LogP contribution in [0.15, 0.2) is 24.3 Å². The van der Waals surface area contributed by atoms with Crippen LogP contribution in [0, 0.1) is 0 Å². The van der Waals surface area contributed by atoms with Crippen LogP contribution >= 0.6 is 0 Å². The first kappa shape index (κ1) is 15.5. The summed E-state index contributed by atoms with van der Waals surface area (Å²) in [7, 11) is -3.02. The molecule has 1 N–H and O–H groups in total. The van der Waals surface area contributed by atoms with E-state index in [0.717, 1.165) is 25.8 Å². The number of hydrogen-bond donors (Lipinski definition) is 1. The van der Waals surface area contributed by atoms with Crippen LogP contribution < -0.4 is 5.32 Å². The zero-order valence-corrected chi connectivity index (χ0v) is 13.2. The normalized spacial score (nSPS) is 22.5. The van der Waals surface area contributed by atoms with Gasteiger partial charge in [-0.15, -0.1) is 0 Å².